The fourth-order valence-electron chi connectivity index (χ4n) is 3.10. The molecule has 0 atom stereocenters. The van der Waals surface area contributed by atoms with Crippen molar-refractivity contribution in [3.05, 3.63) is 22.4 Å². The molecule has 7 nitrogen and oxygen atoms in total. The van der Waals surface area contributed by atoms with Gasteiger partial charge in [0, 0.05) is 44.1 Å². The second-order valence-electron chi connectivity index (χ2n) is 6.44. The summed E-state index contributed by atoms with van der Waals surface area (Å²) in [6.07, 6.45) is 1.59. The van der Waals surface area contributed by atoms with Gasteiger partial charge in [-0.15, -0.1) is 11.3 Å². The van der Waals surface area contributed by atoms with Crippen LogP contribution in [0.5, 0.6) is 0 Å². The molecule has 2 aliphatic rings. The van der Waals surface area contributed by atoms with Crippen LogP contribution in [0.25, 0.3) is 0 Å². The lowest BCUT2D eigenvalue weighted by atomic mass is 10.3. The van der Waals surface area contributed by atoms with Crippen molar-refractivity contribution in [2.75, 3.05) is 39.4 Å². The van der Waals surface area contributed by atoms with Crippen molar-refractivity contribution in [2.45, 2.75) is 26.3 Å². The third-order valence-electron chi connectivity index (χ3n) is 4.64. The first kappa shape index (κ1) is 18.0. The molecule has 1 aromatic rings. The summed E-state index contributed by atoms with van der Waals surface area (Å²) >= 11 is 1.76. The molecule has 0 radical (unpaired) electrons. The molecule has 0 aromatic carbocycles. The number of urea groups is 1. The van der Waals surface area contributed by atoms with Gasteiger partial charge in [-0.2, -0.15) is 0 Å². The minimum Gasteiger partial charge on any atom is -0.296 e. The number of hydrogen-bond acceptors (Lipinski definition) is 6. The van der Waals surface area contributed by atoms with Crippen LogP contribution in [0.3, 0.4) is 0 Å². The Hall–Kier alpha value is -1.77. The molecule has 3 rings (SSSR count). The van der Waals surface area contributed by atoms with E-state index in [1.807, 2.05) is 6.92 Å². The molecule has 0 unspecified atom stereocenters. The van der Waals surface area contributed by atoms with Gasteiger partial charge in [0.1, 0.15) is 0 Å². The Morgan fingerprint density at radius 3 is 2.32 bits per heavy atom. The molecule has 0 saturated carbocycles. The summed E-state index contributed by atoms with van der Waals surface area (Å²) in [7, 11) is 0. The van der Waals surface area contributed by atoms with Crippen molar-refractivity contribution in [1.82, 2.24) is 19.6 Å². The molecule has 25 heavy (non-hydrogen) atoms. The average molecular weight is 364 g/mol. The minimum absolute atomic E-state index is 0.207. The zero-order valence-corrected chi connectivity index (χ0v) is 15.3. The molecule has 4 amide bonds. The fraction of sp³-hybridized carbons (Fsp3) is 0.588. The highest BCUT2D eigenvalue weighted by Crippen LogP contribution is 2.16. The van der Waals surface area contributed by atoms with Gasteiger partial charge >= 0.3 is 17.8 Å². The topological polar surface area (TPSA) is 64.2 Å². The second kappa shape index (κ2) is 8.07. The lowest BCUT2D eigenvalue weighted by molar-refractivity contribution is -0.144. The Balaban J connectivity index is 1.50. The number of nitrogens with zero attached hydrogens (tertiary/aromatic N) is 4. The molecule has 8 heteroatoms. The highest BCUT2D eigenvalue weighted by molar-refractivity contribution is 7.09. The maximum absolute atomic E-state index is 12.4. The molecule has 0 N–H and O–H groups in total. The molecule has 1 aromatic heterocycles. The molecule has 3 heterocycles. The van der Waals surface area contributed by atoms with Gasteiger partial charge < -0.3 is 0 Å². The highest BCUT2D eigenvalue weighted by Gasteiger charge is 2.44. The monoisotopic (exact) mass is 364 g/mol. The number of rotatable bonds is 7. The van der Waals surface area contributed by atoms with Crippen molar-refractivity contribution in [2.24, 2.45) is 0 Å². The number of thiophene rings is 1. The molecule has 0 bridgehead atoms. The number of piperazine rings is 1. The Kier molecular flexibility index (Phi) is 5.82. The summed E-state index contributed by atoms with van der Waals surface area (Å²) in [5.74, 6) is -1.38. The number of amides is 4. The van der Waals surface area contributed by atoms with Gasteiger partial charge in [0.25, 0.3) is 0 Å². The predicted molar refractivity (Wildman–Crippen MR) is 94.9 cm³/mol. The van der Waals surface area contributed by atoms with E-state index in [0.29, 0.717) is 6.54 Å². The number of carbonyl (C=O) groups excluding carboxylic acids is 3. The second-order valence-corrected chi connectivity index (χ2v) is 7.47. The largest absolute Gasteiger partial charge is 0.335 e. The Morgan fingerprint density at radius 2 is 1.68 bits per heavy atom. The summed E-state index contributed by atoms with van der Waals surface area (Å²) < 4.78 is 0. The van der Waals surface area contributed by atoms with Crippen molar-refractivity contribution < 1.29 is 14.4 Å². The minimum atomic E-state index is -0.692. The average Bonchev–Trinajstić information content (AvgIpc) is 3.19. The van der Waals surface area contributed by atoms with Gasteiger partial charge in [-0.1, -0.05) is 19.4 Å². The quantitative estimate of drug-likeness (QED) is 0.541. The molecule has 2 saturated heterocycles. The zero-order valence-electron chi connectivity index (χ0n) is 14.5. The van der Waals surface area contributed by atoms with E-state index in [4.69, 9.17) is 0 Å². The fourth-order valence-corrected chi connectivity index (χ4v) is 3.85. The van der Waals surface area contributed by atoms with Crippen LogP contribution in [0.4, 0.5) is 4.79 Å². The van der Waals surface area contributed by atoms with Crippen molar-refractivity contribution in [3.8, 4) is 0 Å². The number of carbonyl (C=O) groups is 3. The van der Waals surface area contributed by atoms with Gasteiger partial charge in [0.2, 0.25) is 0 Å². The van der Waals surface area contributed by atoms with E-state index >= 15 is 0 Å². The van der Waals surface area contributed by atoms with Crippen LogP contribution in [-0.2, 0) is 16.1 Å². The standard InChI is InChI=1S/C17H24N4O3S/c1-2-3-6-20-15(22)16(23)21(17(20)24)13-19-9-7-18(8-10-19)12-14-5-4-11-25-14/h4-5,11H,2-3,6-10,12-13H2,1H3. The molecule has 0 aliphatic carbocycles. The van der Waals surface area contributed by atoms with Gasteiger partial charge in [-0.25, -0.2) is 9.69 Å². The van der Waals surface area contributed by atoms with Gasteiger partial charge in [-0.3, -0.25) is 24.3 Å². The van der Waals surface area contributed by atoms with Gasteiger partial charge in [-0.05, 0) is 17.9 Å². The van der Waals surface area contributed by atoms with E-state index < -0.39 is 17.8 Å². The van der Waals surface area contributed by atoms with E-state index in [-0.39, 0.29) is 6.67 Å². The van der Waals surface area contributed by atoms with E-state index in [1.165, 1.54) is 4.88 Å². The zero-order chi connectivity index (χ0) is 17.8. The molecule has 2 fully saturated rings. The number of unbranched alkanes of at least 4 members (excludes halogenated alkanes) is 1. The third kappa shape index (κ3) is 4.08. The SMILES string of the molecule is CCCCN1C(=O)C(=O)N(CN2CCN(Cc3cccs3)CC2)C1=O. The van der Waals surface area contributed by atoms with E-state index in [9.17, 15) is 14.4 Å². The maximum Gasteiger partial charge on any atom is 0.335 e. The van der Waals surface area contributed by atoms with Crippen molar-refractivity contribution in [3.63, 3.8) is 0 Å². The number of hydrogen-bond donors (Lipinski definition) is 0. The Labute approximate surface area is 151 Å². The summed E-state index contributed by atoms with van der Waals surface area (Å²) in [6.45, 7) is 6.81. The first-order chi connectivity index (χ1) is 12.1. The third-order valence-corrected chi connectivity index (χ3v) is 5.50. The van der Waals surface area contributed by atoms with Crippen LogP contribution in [0.2, 0.25) is 0 Å². The Bertz CT molecular complexity index is 626. The van der Waals surface area contributed by atoms with Crippen molar-refractivity contribution in [1.29, 1.82) is 0 Å². The van der Waals surface area contributed by atoms with Gasteiger partial charge in [0.15, 0.2) is 0 Å². The first-order valence-electron chi connectivity index (χ1n) is 8.74. The summed E-state index contributed by atoms with van der Waals surface area (Å²) in [4.78, 5) is 44.4. The van der Waals surface area contributed by atoms with Crippen LogP contribution in [0.15, 0.2) is 17.5 Å². The highest BCUT2D eigenvalue weighted by atomic mass is 32.1. The maximum atomic E-state index is 12.4. The predicted octanol–water partition coefficient (Wildman–Crippen LogP) is 1.41. The van der Waals surface area contributed by atoms with Crippen LogP contribution < -0.4 is 0 Å². The van der Waals surface area contributed by atoms with Crippen molar-refractivity contribution >= 4 is 29.2 Å². The molecule has 2 aliphatic heterocycles. The summed E-state index contributed by atoms with van der Waals surface area (Å²) in [5.41, 5.74) is 0. The molecule has 136 valence electrons. The molecule has 0 spiro atoms. The summed E-state index contributed by atoms with van der Waals surface area (Å²) in [5, 5.41) is 2.08. The first-order valence-corrected chi connectivity index (χ1v) is 9.62. The van der Waals surface area contributed by atoms with E-state index in [2.05, 4.69) is 27.3 Å². The smallest absolute Gasteiger partial charge is 0.296 e. The molecular formula is C17H24N4O3S. The normalized spacial score (nSPS) is 20.1. The summed E-state index contributed by atoms with van der Waals surface area (Å²) in [6, 6.07) is 3.72. The van der Waals surface area contributed by atoms with E-state index in [1.54, 1.807) is 11.3 Å². The lowest BCUT2D eigenvalue weighted by Gasteiger charge is -2.35. The van der Waals surface area contributed by atoms with Crippen LogP contribution in [0, 0.1) is 0 Å². The van der Waals surface area contributed by atoms with Crippen LogP contribution in [0.1, 0.15) is 24.6 Å². The van der Waals surface area contributed by atoms with Crippen LogP contribution in [-0.4, -0.2) is 76.8 Å². The Morgan fingerprint density at radius 1 is 1.00 bits per heavy atom. The van der Waals surface area contributed by atoms with E-state index in [0.717, 1.165) is 55.4 Å². The number of imide groups is 2. The van der Waals surface area contributed by atoms with Crippen LogP contribution >= 0.6 is 11.3 Å². The van der Waals surface area contributed by atoms with Gasteiger partial charge in [0.05, 0.1) is 6.67 Å². The molecular weight excluding hydrogens is 340 g/mol. The lowest BCUT2D eigenvalue weighted by Crippen LogP contribution is -2.51.